The molecule has 0 aliphatic heterocycles. The summed E-state index contributed by atoms with van der Waals surface area (Å²) in [6, 6.07) is 7.08. The van der Waals surface area contributed by atoms with Crippen LogP contribution in [-0.4, -0.2) is 22.9 Å². The lowest BCUT2D eigenvalue weighted by atomic mass is 10.2. The zero-order valence-corrected chi connectivity index (χ0v) is 8.19. The molecule has 0 atom stereocenters. The van der Waals surface area contributed by atoms with E-state index in [0.717, 1.165) is 10.9 Å². The summed E-state index contributed by atoms with van der Waals surface area (Å²) in [6.45, 7) is 0. The van der Waals surface area contributed by atoms with Crippen LogP contribution in [-0.2, 0) is 0 Å². The molecule has 0 spiro atoms. The van der Waals surface area contributed by atoms with Crippen molar-refractivity contribution in [2.45, 2.75) is 0 Å². The molecule has 1 amide bonds. The molecule has 2 aromatic rings. The first-order valence-electron chi connectivity index (χ1n) is 4.50. The van der Waals surface area contributed by atoms with Crippen molar-refractivity contribution in [2.24, 2.45) is 0 Å². The number of benzene rings is 1. The molecule has 0 aliphatic rings. The third-order valence-corrected chi connectivity index (χ3v) is 2.27. The normalized spacial score (nSPS) is 10.3. The summed E-state index contributed by atoms with van der Waals surface area (Å²) in [6.07, 6.45) is 1.55. The maximum atomic E-state index is 11.5. The van der Waals surface area contributed by atoms with E-state index >= 15 is 0 Å². The number of nitrogens with zero attached hydrogens (tertiary/aromatic N) is 1. The van der Waals surface area contributed by atoms with Gasteiger partial charge in [-0.05, 0) is 6.07 Å². The summed E-state index contributed by atoms with van der Waals surface area (Å²) < 4.78 is 1.44. The summed E-state index contributed by atoms with van der Waals surface area (Å²) in [4.78, 5) is 11.5. The van der Waals surface area contributed by atoms with Crippen molar-refractivity contribution >= 4 is 22.6 Å². The van der Waals surface area contributed by atoms with Crippen molar-refractivity contribution in [3.63, 3.8) is 0 Å². The average Bonchev–Trinajstić information content (AvgIpc) is 2.67. The Kier molecular flexibility index (Phi) is 2.31. The summed E-state index contributed by atoms with van der Waals surface area (Å²) in [7, 11) is 1.56. The number of rotatable bonds is 1. The highest BCUT2D eigenvalue weighted by Crippen LogP contribution is 2.24. The molecule has 0 saturated carbocycles. The molecule has 1 aromatic carbocycles. The van der Waals surface area contributed by atoms with Crippen molar-refractivity contribution in [1.82, 2.24) is 9.88 Å². The summed E-state index contributed by atoms with van der Waals surface area (Å²) in [5, 5.41) is 12.2. The lowest BCUT2D eigenvalue weighted by molar-refractivity contribution is 0.245. The quantitative estimate of drug-likeness (QED) is 0.620. The fourth-order valence-corrected chi connectivity index (χ4v) is 1.56. The van der Waals surface area contributed by atoms with Gasteiger partial charge >= 0.3 is 6.03 Å². The monoisotopic (exact) mass is 205 g/mol. The molecule has 5 nitrogen and oxygen atoms in total. The summed E-state index contributed by atoms with van der Waals surface area (Å²) >= 11 is 0. The number of hydrogen-bond donors (Lipinski definition) is 3. The number of amides is 1. The minimum Gasteiger partial charge on any atom is -0.340 e. The Balaban J connectivity index is 2.70. The molecular formula is C10H11N3O2. The maximum Gasteiger partial charge on any atom is 0.325 e. The molecule has 0 unspecified atom stereocenters. The Morgan fingerprint density at radius 3 is 2.80 bits per heavy atom. The molecule has 0 radical (unpaired) electrons. The molecule has 0 aliphatic carbocycles. The molecule has 15 heavy (non-hydrogen) atoms. The smallest absolute Gasteiger partial charge is 0.325 e. The second kappa shape index (κ2) is 3.62. The van der Waals surface area contributed by atoms with Gasteiger partial charge in [0.15, 0.2) is 0 Å². The Labute approximate surface area is 86.3 Å². The van der Waals surface area contributed by atoms with Gasteiger partial charge in [-0.2, -0.15) is 0 Å². The first kappa shape index (κ1) is 9.54. The van der Waals surface area contributed by atoms with Crippen LogP contribution in [0.4, 0.5) is 10.5 Å². The van der Waals surface area contributed by atoms with Gasteiger partial charge in [0, 0.05) is 18.6 Å². The van der Waals surface area contributed by atoms with Gasteiger partial charge in [-0.15, -0.1) is 0 Å². The van der Waals surface area contributed by atoms with Gasteiger partial charge in [0.2, 0.25) is 0 Å². The van der Waals surface area contributed by atoms with Crippen LogP contribution in [0.2, 0.25) is 0 Å². The SMILES string of the molecule is CNC(=O)n1cc(NO)c2ccccc21. The van der Waals surface area contributed by atoms with E-state index in [2.05, 4.69) is 10.8 Å². The third kappa shape index (κ3) is 1.42. The zero-order valence-electron chi connectivity index (χ0n) is 8.19. The van der Waals surface area contributed by atoms with Crippen molar-refractivity contribution < 1.29 is 10.0 Å². The van der Waals surface area contributed by atoms with E-state index in [1.165, 1.54) is 4.57 Å². The Morgan fingerprint density at radius 2 is 2.13 bits per heavy atom. The van der Waals surface area contributed by atoms with Gasteiger partial charge in [-0.25, -0.2) is 4.79 Å². The number of hydrogen-bond acceptors (Lipinski definition) is 3. The first-order chi connectivity index (χ1) is 7.27. The molecular weight excluding hydrogens is 194 g/mol. The van der Waals surface area contributed by atoms with E-state index in [4.69, 9.17) is 5.21 Å². The van der Waals surface area contributed by atoms with E-state index in [9.17, 15) is 4.79 Å². The molecule has 0 saturated heterocycles. The van der Waals surface area contributed by atoms with E-state index in [1.807, 2.05) is 24.3 Å². The van der Waals surface area contributed by atoms with Crippen molar-refractivity contribution in [3.8, 4) is 0 Å². The van der Waals surface area contributed by atoms with Gasteiger partial charge in [0.25, 0.3) is 0 Å². The molecule has 78 valence electrons. The van der Waals surface area contributed by atoms with E-state index < -0.39 is 0 Å². The maximum absolute atomic E-state index is 11.5. The van der Waals surface area contributed by atoms with Gasteiger partial charge < -0.3 is 5.32 Å². The largest absolute Gasteiger partial charge is 0.340 e. The van der Waals surface area contributed by atoms with Crippen LogP contribution in [0.25, 0.3) is 10.9 Å². The minimum atomic E-state index is -0.243. The van der Waals surface area contributed by atoms with Gasteiger partial charge in [0.1, 0.15) is 0 Å². The van der Waals surface area contributed by atoms with Crippen LogP contribution in [0.15, 0.2) is 30.5 Å². The fraction of sp³-hybridized carbons (Fsp3) is 0.100. The van der Waals surface area contributed by atoms with E-state index in [0.29, 0.717) is 5.69 Å². The number of anilines is 1. The number of aromatic nitrogens is 1. The van der Waals surface area contributed by atoms with Crippen LogP contribution in [0.3, 0.4) is 0 Å². The van der Waals surface area contributed by atoms with Crippen LogP contribution in [0, 0.1) is 0 Å². The number of carbonyl (C=O) groups excluding carboxylic acids is 1. The standard InChI is InChI=1S/C10H11N3O2/c1-11-10(14)13-6-8(12-15)7-4-2-3-5-9(7)13/h2-6,12,15H,1H3,(H,11,14). The van der Waals surface area contributed by atoms with Crippen LogP contribution in [0.1, 0.15) is 0 Å². The summed E-state index contributed by atoms with van der Waals surface area (Å²) in [5.74, 6) is 0. The van der Waals surface area contributed by atoms with E-state index in [1.54, 1.807) is 13.2 Å². The highest BCUT2D eigenvalue weighted by Gasteiger charge is 2.10. The molecule has 0 bridgehead atoms. The second-order valence-corrected chi connectivity index (χ2v) is 3.10. The zero-order chi connectivity index (χ0) is 10.8. The number of carbonyl (C=O) groups is 1. The average molecular weight is 205 g/mol. The summed E-state index contributed by atoms with van der Waals surface area (Å²) in [5.41, 5.74) is 3.32. The van der Waals surface area contributed by atoms with Gasteiger partial charge in [-0.1, -0.05) is 18.2 Å². The second-order valence-electron chi connectivity index (χ2n) is 3.10. The highest BCUT2D eigenvalue weighted by molar-refractivity contribution is 5.99. The molecule has 3 N–H and O–H groups in total. The lowest BCUT2D eigenvalue weighted by Crippen LogP contribution is -2.23. The predicted molar refractivity (Wildman–Crippen MR) is 57.2 cm³/mol. The Hall–Kier alpha value is -2.01. The fourth-order valence-electron chi connectivity index (χ4n) is 1.56. The Bertz CT molecular complexity index is 504. The van der Waals surface area contributed by atoms with Crippen LogP contribution >= 0.6 is 0 Å². The minimum absolute atomic E-state index is 0.243. The Morgan fingerprint density at radius 1 is 1.40 bits per heavy atom. The molecule has 1 heterocycles. The third-order valence-electron chi connectivity index (χ3n) is 2.27. The molecule has 0 fully saturated rings. The van der Waals surface area contributed by atoms with Crippen LogP contribution in [0.5, 0.6) is 0 Å². The predicted octanol–water partition coefficient (Wildman–Crippen LogP) is 1.63. The number of nitrogens with one attached hydrogen (secondary N) is 2. The van der Waals surface area contributed by atoms with Crippen molar-refractivity contribution in [3.05, 3.63) is 30.5 Å². The van der Waals surface area contributed by atoms with Gasteiger partial charge in [0.05, 0.1) is 11.2 Å². The molecule has 1 aromatic heterocycles. The van der Waals surface area contributed by atoms with Crippen molar-refractivity contribution in [2.75, 3.05) is 12.5 Å². The molecule has 5 heteroatoms. The van der Waals surface area contributed by atoms with E-state index in [-0.39, 0.29) is 6.03 Å². The van der Waals surface area contributed by atoms with Gasteiger partial charge in [-0.3, -0.25) is 15.3 Å². The number of para-hydroxylation sites is 1. The number of fused-ring (bicyclic) bond motifs is 1. The van der Waals surface area contributed by atoms with Crippen molar-refractivity contribution in [1.29, 1.82) is 0 Å². The topological polar surface area (TPSA) is 66.3 Å². The van der Waals surface area contributed by atoms with Crippen LogP contribution < -0.4 is 10.8 Å². The first-order valence-corrected chi connectivity index (χ1v) is 4.50. The lowest BCUT2D eigenvalue weighted by Gasteiger charge is -2.01. The molecule has 2 rings (SSSR count). The highest BCUT2D eigenvalue weighted by atomic mass is 16.5.